The zero-order valence-corrected chi connectivity index (χ0v) is 9.67. The van der Waals surface area contributed by atoms with Gasteiger partial charge in [0.15, 0.2) is 0 Å². The number of hydrogen-bond donors (Lipinski definition) is 1. The molecule has 2 rings (SSSR count). The molecule has 92 valence electrons. The van der Waals surface area contributed by atoms with Crippen LogP contribution in [0.5, 0.6) is 0 Å². The molecule has 0 unspecified atom stereocenters. The number of carbonyl (C=O) groups is 1. The zero-order valence-electron chi connectivity index (χ0n) is 9.67. The van der Waals surface area contributed by atoms with Gasteiger partial charge < -0.3 is 14.7 Å². The molecular weight excluding hydrogens is 222 g/mol. The Bertz CT molecular complexity index is 387. The predicted octanol–water partition coefficient (Wildman–Crippen LogP) is 0.790. The van der Waals surface area contributed by atoms with Crippen LogP contribution in [0.4, 0.5) is 5.95 Å². The standard InChI is InChI=1S/C11H15N3O3/c1-14(9-2-4-17-5-3-9)11-12-6-8(7-13-11)10(15)16/h6-7,9H,2-5H2,1H3,(H,15,16). The van der Waals surface area contributed by atoms with Gasteiger partial charge in [0.25, 0.3) is 0 Å². The summed E-state index contributed by atoms with van der Waals surface area (Å²) in [6.07, 6.45) is 4.56. The van der Waals surface area contributed by atoms with Gasteiger partial charge in [0.2, 0.25) is 5.95 Å². The smallest absolute Gasteiger partial charge is 0.338 e. The molecule has 1 fully saturated rings. The highest BCUT2D eigenvalue weighted by Crippen LogP contribution is 2.17. The fraction of sp³-hybridized carbons (Fsp3) is 0.545. The Morgan fingerprint density at radius 3 is 2.53 bits per heavy atom. The summed E-state index contributed by atoms with van der Waals surface area (Å²) in [5.41, 5.74) is 0.106. The fourth-order valence-electron chi connectivity index (χ4n) is 1.85. The van der Waals surface area contributed by atoms with Crippen molar-refractivity contribution in [3.8, 4) is 0 Å². The monoisotopic (exact) mass is 237 g/mol. The second-order valence-electron chi connectivity index (χ2n) is 4.03. The summed E-state index contributed by atoms with van der Waals surface area (Å²) < 4.78 is 5.29. The van der Waals surface area contributed by atoms with Crippen LogP contribution in [0.3, 0.4) is 0 Å². The van der Waals surface area contributed by atoms with E-state index in [1.807, 2.05) is 11.9 Å². The van der Waals surface area contributed by atoms with Gasteiger partial charge in [-0.05, 0) is 12.8 Å². The Balaban J connectivity index is 2.07. The van der Waals surface area contributed by atoms with Crippen molar-refractivity contribution in [1.29, 1.82) is 0 Å². The SMILES string of the molecule is CN(c1ncc(C(=O)O)cn1)C1CCOCC1. The van der Waals surface area contributed by atoms with E-state index in [1.54, 1.807) is 0 Å². The van der Waals surface area contributed by atoms with Crippen molar-refractivity contribution in [3.63, 3.8) is 0 Å². The normalized spacial score (nSPS) is 16.8. The van der Waals surface area contributed by atoms with E-state index in [-0.39, 0.29) is 5.56 Å². The van der Waals surface area contributed by atoms with Crippen LogP contribution in [0.25, 0.3) is 0 Å². The lowest BCUT2D eigenvalue weighted by Gasteiger charge is -2.31. The van der Waals surface area contributed by atoms with Crippen molar-refractivity contribution in [2.45, 2.75) is 18.9 Å². The van der Waals surface area contributed by atoms with Crippen LogP contribution < -0.4 is 4.90 Å². The highest BCUT2D eigenvalue weighted by atomic mass is 16.5. The molecule has 0 spiro atoms. The largest absolute Gasteiger partial charge is 0.478 e. The Kier molecular flexibility index (Phi) is 3.53. The molecule has 1 aliphatic heterocycles. The van der Waals surface area contributed by atoms with Crippen LogP contribution in [-0.4, -0.2) is 47.3 Å². The maximum Gasteiger partial charge on any atom is 0.338 e. The first-order valence-electron chi connectivity index (χ1n) is 5.54. The molecule has 0 bridgehead atoms. The van der Waals surface area contributed by atoms with Crippen LogP contribution >= 0.6 is 0 Å². The Morgan fingerprint density at radius 2 is 2.00 bits per heavy atom. The van der Waals surface area contributed by atoms with Gasteiger partial charge in [-0.15, -0.1) is 0 Å². The molecule has 6 heteroatoms. The summed E-state index contributed by atoms with van der Waals surface area (Å²) in [6.45, 7) is 1.50. The van der Waals surface area contributed by atoms with E-state index in [2.05, 4.69) is 9.97 Å². The van der Waals surface area contributed by atoms with Crippen LogP contribution in [0.2, 0.25) is 0 Å². The Hall–Kier alpha value is -1.69. The van der Waals surface area contributed by atoms with Crippen molar-refractivity contribution in [2.24, 2.45) is 0 Å². The summed E-state index contributed by atoms with van der Waals surface area (Å²) in [6, 6.07) is 0.361. The molecule has 6 nitrogen and oxygen atoms in total. The first kappa shape index (κ1) is 11.8. The van der Waals surface area contributed by atoms with E-state index in [9.17, 15) is 4.79 Å². The molecule has 0 aromatic carbocycles. The van der Waals surface area contributed by atoms with Crippen LogP contribution in [0.15, 0.2) is 12.4 Å². The van der Waals surface area contributed by atoms with Crippen molar-refractivity contribution in [3.05, 3.63) is 18.0 Å². The number of hydrogen-bond acceptors (Lipinski definition) is 5. The first-order chi connectivity index (χ1) is 8.18. The first-order valence-corrected chi connectivity index (χ1v) is 5.54. The summed E-state index contributed by atoms with van der Waals surface area (Å²) in [4.78, 5) is 20.8. The van der Waals surface area contributed by atoms with Gasteiger partial charge >= 0.3 is 5.97 Å². The third-order valence-electron chi connectivity index (χ3n) is 2.94. The van der Waals surface area contributed by atoms with Crippen LogP contribution in [0, 0.1) is 0 Å². The minimum absolute atomic E-state index is 0.106. The fourth-order valence-corrected chi connectivity index (χ4v) is 1.85. The highest BCUT2D eigenvalue weighted by molar-refractivity contribution is 5.86. The van der Waals surface area contributed by atoms with E-state index in [1.165, 1.54) is 12.4 Å². The molecule has 1 N–H and O–H groups in total. The molecule has 0 aliphatic carbocycles. The van der Waals surface area contributed by atoms with Gasteiger partial charge in [-0.2, -0.15) is 0 Å². The molecule has 0 radical (unpaired) electrons. The van der Waals surface area contributed by atoms with Crippen molar-refractivity contribution in [1.82, 2.24) is 9.97 Å². The van der Waals surface area contributed by atoms with Crippen LogP contribution in [-0.2, 0) is 4.74 Å². The molecule has 1 aliphatic rings. The molecule has 2 heterocycles. The zero-order chi connectivity index (χ0) is 12.3. The van der Waals surface area contributed by atoms with Gasteiger partial charge in [0, 0.05) is 38.7 Å². The quantitative estimate of drug-likeness (QED) is 0.837. The number of nitrogens with zero attached hydrogens (tertiary/aromatic N) is 3. The lowest BCUT2D eigenvalue weighted by Crippen LogP contribution is -2.37. The molecule has 1 aromatic heterocycles. The Labute approximate surface area is 99.2 Å². The van der Waals surface area contributed by atoms with Crippen molar-refractivity contribution in [2.75, 3.05) is 25.2 Å². The maximum absolute atomic E-state index is 10.7. The number of carboxylic acids is 1. The van der Waals surface area contributed by atoms with Crippen LogP contribution in [0.1, 0.15) is 23.2 Å². The third kappa shape index (κ3) is 2.71. The van der Waals surface area contributed by atoms with Gasteiger partial charge in [0.1, 0.15) is 0 Å². The molecule has 0 amide bonds. The third-order valence-corrected chi connectivity index (χ3v) is 2.94. The second-order valence-corrected chi connectivity index (χ2v) is 4.03. The summed E-state index contributed by atoms with van der Waals surface area (Å²) >= 11 is 0. The van der Waals surface area contributed by atoms with Crippen molar-refractivity contribution >= 4 is 11.9 Å². The highest BCUT2D eigenvalue weighted by Gasteiger charge is 2.20. The van der Waals surface area contributed by atoms with E-state index in [4.69, 9.17) is 9.84 Å². The van der Waals surface area contributed by atoms with Crippen molar-refractivity contribution < 1.29 is 14.6 Å². The molecule has 0 atom stereocenters. The summed E-state index contributed by atoms with van der Waals surface area (Å²) in [7, 11) is 1.92. The molecule has 0 saturated carbocycles. The lowest BCUT2D eigenvalue weighted by atomic mass is 10.1. The Morgan fingerprint density at radius 1 is 1.41 bits per heavy atom. The summed E-state index contributed by atoms with van der Waals surface area (Å²) in [5.74, 6) is -0.452. The van der Waals surface area contributed by atoms with Gasteiger partial charge in [-0.1, -0.05) is 0 Å². The number of aromatic carboxylic acids is 1. The van der Waals surface area contributed by atoms with Gasteiger partial charge in [-0.3, -0.25) is 0 Å². The van der Waals surface area contributed by atoms with E-state index >= 15 is 0 Å². The molecule has 1 saturated heterocycles. The number of carboxylic acid groups (broad SMARTS) is 1. The topological polar surface area (TPSA) is 75.6 Å². The molecular formula is C11H15N3O3. The second kappa shape index (κ2) is 5.09. The summed E-state index contributed by atoms with van der Waals surface area (Å²) in [5, 5.41) is 8.75. The number of aromatic nitrogens is 2. The molecule has 1 aromatic rings. The average molecular weight is 237 g/mol. The minimum atomic E-state index is -1.01. The average Bonchev–Trinajstić information content (AvgIpc) is 2.39. The number of ether oxygens (including phenoxy) is 1. The number of anilines is 1. The van der Waals surface area contributed by atoms with E-state index in [0.29, 0.717) is 12.0 Å². The van der Waals surface area contributed by atoms with Gasteiger partial charge in [-0.25, -0.2) is 14.8 Å². The van der Waals surface area contributed by atoms with E-state index < -0.39 is 5.97 Å². The molecule has 17 heavy (non-hydrogen) atoms. The minimum Gasteiger partial charge on any atom is -0.478 e. The lowest BCUT2D eigenvalue weighted by molar-refractivity contribution is 0.0696. The van der Waals surface area contributed by atoms with E-state index in [0.717, 1.165) is 26.1 Å². The number of rotatable bonds is 3. The maximum atomic E-state index is 10.7. The van der Waals surface area contributed by atoms with Gasteiger partial charge in [0.05, 0.1) is 5.56 Å². The predicted molar refractivity (Wildman–Crippen MR) is 61.2 cm³/mol.